The predicted octanol–water partition coefficient (Wildman–Crippen LogP) is 4.86. The maximum absolute atomic E-state index is 12.6. The summed E-state index contributed by atoms with van der Waals surface area (Å²) in [5.41, 5.74) is -0.124. The molecule has 1 fully saturated rings. The van der Waals surface area contributed by atoms with Gasteiger partial charge in [-0.05, 0) is 54.8 Å². The van der Waals surface area contributed by atoms with Crippen molar-refractivity contribution >= 4 is 33.2 Å². The topological polar surface area (TPSA) is 55.4 Å². The van der Waals surface area contributed by atoms with E-state index in [0.29, 0.717) is 28.5 Å². The summed E-state index contributed by atoms with van der Waals surface area (Å²) in [6, 6.07) is 8.85. The van der Waals surface area contributed by atoms with Gasteiger partial charge in [-0.15, -0.1) is 13.2 Å². The van der Waals surface area contributed by atoms with Gasteiger partial charge < -0.3 is 4.74 Å². The molecule has 10 heteroatoms. The van der Waals surface area contributed by atoms with Crippen LogP contribution in [0.1, 0.15) is 18.4 Å². The summed E-state index contributed by atoms with van der Waals surface area (Å²) in [5.74, 6) is -0.498. The Morgan fingerprint density at radius 2 is 1.62 bits per heavy atom. The Bertz CT molecular complexity index is 927. The SMILES string of the molecule is O=S(=O)(NC1(c2ccc(Cl)c(Cl)c2)CC1)c1ccc(OC(F)(F)F)cc1. The average Bonchev–Trinajstić information content (AvgIpc) is 3.29. The fourth-order valence-corrected chi connectivity index (χ4v) is 4.25. The van der Waals surface area contributed by atoms with Crippen molar-refractivity contribution in [3.63, 3.8) is 0 Å². The molecule has 0 aromatic heterocycles. The Balaban J connectivity index is 1.81. The first kappa shape index (κ1) is 19.3. The molecule has 26 heavy (non-hydrogen) atoms. The molecule has 0 unspecified atom stereocenters. The summed E-state index contributed by atoms with van der Waals surface area (Å²) in [6.07, 6.45) is -3.70. The Labute approximate surface area is 157 Å². The molecule has 3 rings (SSSR count). The average molecular weight is 426 g/mol. The number of nitrogens with one attached hydrogen (secondary N) is 1. The van der Waals surface area contributed by atoms with E-state index < -0.39 is 27.7 Å². The van der Waals surface area contributed by atoms with Crippen molar-refractivity contribution < 1.29 is 26.3 Å². The normalized spacial score (nSPS) is 16.3. The summed E-state index contributed by atoms with van der Waals surface area (Å²) in [7, 11) is -3.95. The summed E-state index contributed by atoms with van der Waals surface area (Å²) in [4.78, 5) is -0.168. The number of ether oxygens (including phenoxy) is 1. The van der Waals surface area contributed by atoms with Crippen LogP contribution in [0.25, 0.3) is 0 Å². The van der Waals surface area contributed by atoms with Gasteiger partial charge in [0.05, 0.1) is 20.5 Å². The number of benzene rings is 2. The Morgan fingerprint density at radius 3 is 2.12 bits per heavy atom. The zero-order chi connectivity index (χ0) is 19.2. The summed E-state index contributed by atoms with van der Waals surface area (Å²) in [6.45, 7) is 0. The van der Waals surface area contributed by atoms with Crippen molar-refractivity contribution in [2.75, 3.05) is 0 Å². The highest BCUT2D eigenvalue weighted by molar-refractivity contribution is 7.89. The van der Waals surface area contributed by atoms with Gasteiger partial charge in [-0.3, -0.25) is 0 Å². The highest BCUT2D eigenvalue weighted by Crippen LogP contribution is 2.47. The molecule has 0 heterocycles. The monoisotopic (exact) mass is 425 g/mol. The van der Waals surface area contributed by atoms with Crippen molar-refractivity contribution in [3.05, 3.63) is 58.1 Å². The van der Waals surface area contributed by atoms with Crippen LogP contribution >= 0.6 is 23.2 Å². The van der Waals surface area contributed by atoms with E-state index in [2.05, 4.69) is 9.46 Å². The largest absolute Gasteiger partial charge is 0.573 e. The third-order valence-corrected chi connectivity index (χ3v) is 6.21. The Morgan fingerprint density at radius 1 is 1.00 bits per heavy atom. The van der Waals surface area contributed by atoms with Crippen molar-refractivity contribution in [1.82, 2.24) is 4.72 Å². The number of halogens is 5. The molecule has 0 aliphatic heterocycles. The molecule has 1 aliphatic rings. The van der Waals surface area contributed by atoms with Crippen LogP contribution in [0.15, 0.2) is 47.4 Å². The van der Waals surface area contributed by atoms with E-state index in [1.54, 1.807) is 18.2 Å². The van der Waals surface area contributed by atoms with Crippen molar-refractivity contribution in [2.24, 2.45) is 0 Å². The van der Waals surface area contributed by atoms with Crippen LogP contribution in [0.4, 0.5) is 13.2 Å². The molecule has 0 spiro atoms. The highest BCUT2D eigenvalue weighted by atomic mass is 35.5. The molecular weight excluding hydrogens is 414 g/mol. The number of hydrogen-bond acceptors (Lipinski definition) is 3. The lowest BCUT2D eigenvalue weighted by molar-refractivity contribution is -0.274. The van der Waals surface area contributed by atoms with Crippen LogP contribution in [0.2, 0.25) is 10.0 Å². The molecule has 2 aromatic rings. The molecule has 1 saturated carbocycles. The van der Waals surface area contributed by atoms with Gasteiger partial charge in [0.1, 0.15) is 5.75 Å². The van der Waals surface area contributed by atoms with Gasteiger partial charge in [0.2, 0.25) is 10.0 Å². The van der Waals surface area contributed by atoms with E-state index in [9.17, 15) is 21.6 Å². The zero-order valence-electron chi connectivity index (χ0n) is 13.0. The first-order valence-electron chi connectivity index (χ1n) is 7.36. The van der Waals surface area contributed by atoms with Crippen LogP contribution in [0.3, 0.4) is 0 Å². The zero-order valence-corrected chi connectivity index (χ0v) is 15.3. The molecule has 0 bridgehead atoms. The fourth-order valence-electron chi connectivity index (χ4n) is 2.51. The van der Waals surface area contributed by atoms with Gasteiger partial charge in [0.15, 0.2) is 0 Å². The quantitative estimate of drug-likeness (QED) is 0.743. The third-order valence-electron chi connectivity index (χ3n) is 3.92. The fraction of sp³-hybridized carbons (Fsp3) is 0.250. The van der Waals surface area contributed by atoms with Crippen LogP contribution in [0.5, 0.6) is 5.75 Å². The van der Waals surface area contributed by atoms with E-state index in [4.69, 9.17) is 23.2 Å². The first-order valence-corrected chi connectivity index (χ1v) is 9.60. The molecule has 4 nitrogen and oxygen atoms in total. The maximum atomic E-state index is 12.6. The van der Waals surface area contributed by atoms with Crippen molar-refractivity contribution in [1.29, 1.82) is 0 Å². The second kappa shape index (κ2) is 6.60. The Hall–Kier alpha value is -1.48. The molecule has 0 saturated heterocycles. The second-order valence-corrected chi connectivity index (χ2v) is 8.33. The molecule has 140 valence electrons. The van der Waals surface area contributed by atoms with Crippen LogP contribution in [-0.4, -0.2) is 14.8 Å². The van der Waals surface area contributed by atoms with Crippen LogP contribution in [0, 0.1) is 0 Å². The molecule has 0 amide bonds. The number of hydrogen-bond donors (Lipinski definition) is 1. The van der Waals surface area contributed by atoms with Gasteiger partial charge in [-0.1, -0.05) is 29.3 Å². The summed E-state index contributed by atoms with van der Waals surface area (Å²) >= 11 is 11.9. The molecule has 1 N–H and O–H groups in total. The smallest absolute Gasteiger partial charge is 0.406 e. The molecule has 0 radical (unpaired) electrons. The van der Waals surface area contributed by atoms with Crippen molar-refractivity contribution in [2.45, 2.75) is 29.6 Å². The second-order valence-electron chi connectivity index (χ2n) is 5.84. The molecule has 0 atom stereocenters. The number of sulfonamides is 1. The van der Waals surface area contributed by atoms with Gasteiger partial charge in [0, 0.05) is 0 Å². The minimum atomic E-state index is -4.84. The maximum Gasteiger partial charge on any atom is 0.573 e. The van der Waals surface area contributed by atoms with Gasteiger partial charge in [-0.2, -0.15) is 0 Å². The lowest BCUT2D eigenvalue weighted by Gasteiger charge is -2.19. The standard InChI is InChI=1S/C16H12Cl2F3NO3S/c17-13-6-1-10(9-14(13)18)15(7-8-15)22-26(23,24)12-4-2-11(3-5-12)25-16(19,20)21/h1-6,9,22H,7-8H2. The Kier molecular flexibility index (Phi) is 4.89. The predicted molar refractivity (Wildman–Crippen MR) is 90.8 cm³/mol. The summed E-state index contributed by atoms with van der Waals surface area (Å²) < 4.78 is 68.0. The molecule has 1 aliphatic carbocycles. The van der Waals surface area contributed by atoms with E-state index in [0.717, 1.165) is 24.3 Å². The first-order chi connectivity index (χ1) is 12.0. The minimum Gasteiger partial charge on any atom is -0.406 e. The van der Waals surface area contributed by atoms with Crippen LogP contribution in [-0.2, 0) is 15.6 Å². The summed E-state index contributed by atoms with van der Waals surface area (Å²) in [5, 5.41) is 0.664. The van der Waals surface area contributed by atoms with Gasteiger partial charge in [-0.25, -0.2) is 13.1 Å². The van der Waals surface area contributed by atoms with E-state index >= 15 is 0 Å². The van der Waals surface area contributed by atoms with Gasteiger partial charge >= 0.3 is 6.36 Å². The van der Waals surface area contributed by atoms with E-state index in [1.807, 2.05) is 0 Å². The highest BCUT2D eigenvalue weighted by Gasteiger charge is 2.47. The molecular formula is C16H12Cl2F3NO3S. The van der Waals surface area contributed by atoms with E-state index in [1.165, 1.54) is 0 Å². The number of alkyl halides is 3. The minimum absolute atomic E-state index is 0.168. The van der Waals surface area contributed by atoms with Crippen LogP contribution < -0.4 is 9.46 Å². The lowest BCUT2D eigenvalue weighted by atomic mass is 10.1. The molecule has 2 aromatic carbocycles. The van der Waals surface area contributed by atoms with Gasteiger partial charge in [0.25, 0.3) is 0 Å². The lowest BCUT2D eigenvalue weighted by Crippen LogP contribution is -2.34. The third kappa shape index (κ3) is 4.25. The number of rotatable bonds is 5. The van der Waals surface area contributed by atoms with Crippen molar-refractivity contribution in [3.8, 4) is 5.75 Å². The van der Waals surface area contributed by atoms with E-state index in [-0.39, 0.29) is 4.90 Å².